The summed E-state index contributed by atoms with van der Waals surface area (Å²) in [6, 6.07) is 55.3. The van der Waals surface area contributed by atoms with Gasteiger partial charge in [-0.15, -0.1) is 11.3 Å². The Kier molecular flexibility index (Phi) is 9.25. The van der Waals surface area contributed by atoms with Gasteiger partial charge >= 0.3 is 0 Å². The number of hydrogen-bond donors (Lipinski definition) is 0. The molecular formula is C54H35N5O2S. The summed E-state index contributed by atoms with van der Waals surface area (Å²) in [5, 5.41) is 5.17. The highest BCUT2D eigenvalue weighted by molar-refractivity contribution is 7.26. The molecule has 0 aliphatic rings. The summed E-state index contributed by atoms with van der Waals surface area (Å²) in [5.41, 5.74) is 9.26. The van der Waals surface area contributed by atoms with Crippen LogP contribution in [0.25, 0.3) is 121 Å². The van der Waals surface area contributed by atoms with Gasteiger partial charge in [0.25, 0.3) is 0 Å². The van der Waals surface area contributed by atoms with Crippen molar-refractivity contribution >= 4 is 75.5 Å². The van der Waals surface area contributed by atoms with Crippen LogP contribution in [0.15, 0.2) is 197 Å². The maximum atomic E-state index is 6.47. The van der Waals surface area contributed by atoms with Gasteiger partial charge in [0.15, 0.2) is 28.9 Å². The summed E-state index contributed by atoms with van der Waals surface area (Å²) in [6.45, 7) is 5.42. The highest BCUT2D eigenvalue weighted by atomic mass is 32.1. The van der Waals surface area contributed by atoms with Crippen LogP contribution in [-0.4, -0.2) is 24.9 Å². The van der Waals surface area contributed by atoms with Crippen LogP contribution in [0, 0.1) is 0 Å². The van der Waals surface area contributed by atoms with E-state index in [1.54, 1.807) is 17.4 Å². The summed E-state index contributed by atoms with van der Waals surface area (Å²) in [5.74, 6) is 2.45. The molecular weight excluding hydrogens is 783 g/mol. The van der Waals surface area contributed by atoms with Crippen molar-refractivity contribution in [2.75, 3.05) is 0 Å². The number of rotatable bonds is 6. The topological polar surface area (TPSA) is 90.7 Å². The standard InChI is InChI=1S/C49H27N5O2S.C5H8/c1-3-13-28(14-4-1)46-50-43(45-44(51-46)32-18-8-10-22-37(32)56-45)30-25-26-33-40(27-30)57-39-24-12-20-35(42(33)39)49-53-47(29-15-5-2-6-16-29)52-48(54-49)34-19-11-23-38-41(34)31-17-7-9-21-36(31)55-38;1-3-5-4-2/h1-27H;3-5H,1H2,2H3/b;5-4-. The predicted octanol–water partition coefficient (Wildman–Crippen LogP) is 14.9. The molecule has 0 amide bonds. The second kappa shape index (κ2) is 15.5. The first-order valence-electron chi connectivity index (χ1n) is 20.3. The van der Waals surface area contributed by atoms with Gasteiger partial charge < -0.3 is 8.83 Å². The van der Waals surface area contributed by atoms with E-state index in [1.807, 2.05) is 128 Å². The van der Waals surface area contributed by atoms with Gasteiger partial charge in [-0.3, -0.25) is 0 Å². The molecule has 0 bridgehead atoms. The zero-order chi connectivity index (χ0) is 41.6. The molecule has 0 atom stereocenters. The van der Waals surface area contributed by atoms with Gasteiger partial charge in [0, 0.05) is 64.1 Å². The van der Waals surface area contributed by atoms with E-state index in [-0.39, 0.29) is 0 Å². The molecule has 12 rings (SSSR count). The fourth-order valence-electron chi connectivity index (χ4n) is 8.09. The number of furan rings is 2. The van der Waals surface area contributed by atoms with Crippen molar-refractivity contribution in [3.63, 3.8) is 0 Å². The van der Waals surface area contributed by atoms with Gasteiger partial charge in [-0.2, -0.15) is 0 Å². The lowest BCUT2D eigenvalue weighted by Gasteiger charge is -2.10. The number of thiophene rings is 1. The number of hydrogen-bond acceptors (Lipinski definition) is 8. The van der Waals surface area contributed by atoms with E-state index in [4.69, 9.17) is 33.8 Å². The Morgan fingerprint density at radius 1 is 0.468 bits per heavy atom. The van der Waals surface area contributed by atoms with Crippen molar-refractivity contribution < 1.29 is 8.83 Å². The quantitative estimate of drug-likeness (QED) is 0.154. The molecule has 7 aromatic carbocycles. The number of allylic oxidation sites excluding steroid dienone is 3. The molecule has 5 aromatic heterocycles. The van der Waals surface area contributed by atoms with Crippen molar-refractivity contribution in [1.82, 2.24) is 24.9 Å². The molecule has 294 valence electrons. The van der Waals surface area contributed by atoms with Crippen molar-refractivity contribution in [2.24, 2.45) is 0 Å². The number of nitrogens with zero attached hydrogens (tertiary/aromatic N) is 5. The van der Waals surface area contributed by atoms with Gasteiger partial charge in [-0.05, 0) is 43.3 Å². The van der Waals surface area contributed by atoms with E-state index in [9.17, 15) is 0 Å². The largest absolute Gasteiger partial charge is 0.456 e. The van der Waals surface area contributed by atoms with E-state index < -0.39 is 0 Å². The molecule has 62 heavy (non-hydrogen) atoms. The zero-order valence-electron chi connectivity index (χ0n) is 33.5. The van der Waals surface area contributed by atoms with Crippen LogP contribution in [0.1, 0.15) is 6.92 Å². The number of aromatic nitrogens is 5. The first kappa shape index (κ1) is 37.0. The summed E-state index contributed by atoms with van der Waals surface area (Å²) in [6.07, 6.45) is 5.58. The Labute approximate surface area is 360 Å². The monoisotopic (exact) mass is 817 g/mol. The van der Waals surface area contributed by atoms with Crippen molar-refractivity contribution in [3.05, 3.63) is 189 Å². The van der Waals surface area contributed by atoms with E-state index in [0.29, 0.717) is 28.9 Å². The highest BCUT2D eigenvalue weighted by Gasteiger charge is 2.22. The lowest BCUT2D eigenvalue weighted by molar-refractivity contribution is 0.667. The van der Waals surface area contributed by atoms with Crippen LogP contribution < -0.4 is 0 Å². The van der Waals surface area contributed by atoms with Crippen LogP contribution in [0.3, 0.4) is 0 Å². The zero-order valence-corrected chi connectivity index (χ0v) is 34.3. The lowest BCUT2D eigenvalue weighted by Crippen LogP contribution is -2.00. The predicted molar refractivity (Wildman–Crippen MR) is 255 cm³/mol. The minimum Gasteiger partial charge on any atom is -0.456 e. The molecule has 7 nitrogen and oxygen atoms in total. The van der Waals surface area contributed by atoms with Crippen LogP contribution in [-0.2, 0) is 0 Å². The fourth-order valence-corrected chi connectivity index (χ4v) is 9.26. The van der Waals surface area contributed by atoms with Gasteiger partial charge in [-0.1, -0.05) is 152 Å². The Hall–Kier alpha value is -8.07. The van der Waals surface area contributed by atoms with Gasteiger partial charge in [-0.25, -0.2) is 24.9 Å². The molecule has 0 aliphatic heterocycles. The second-order valence-electron chi connectivity index (χ2n) is 14.7. The summed E-state index contributed by atoms with van der Waals surface area (Å²) < 4.78 is 15.0. The first-order valence-corrected chi connectivity index (χ1v) is 21.1. The molecule has 8 heteroatoms. The Balaban J connectivity index is 0.000000820. The van der Waals surface area contributed by atoms with Crippen molar-refractivity contribution in [2.45, 2.75) is 6.92 Å². The second-order valence-corrected chi connectivity index (χ2v) is 15.8. The Morgan fingerprint density at radius 3 is 1.76 bits per heavy atom. The molecule has 0 fully saturated rings. The Morgan fingerprint density at radius 2 is 1.06 bits per heavy atom. The minimum atomic E-state index is 0.586. The highest BCUT2D eigenvalue weighted by Crippen LogP contribution is 2.43. The maximum absolute atomic E-state index is 6.47. The molecule has 0 N–H and O–H groups in total. The molecule has 0 unspecified atom stereocenters. The summed E-state index contributed by atoms with van der Waals surface area (Å²) in [4.78, 5) is 25.7. The van der Waals surface area contributed by atoms with Crippen LogP contribution in [0.2, 0.25) is 0 Å². The minimum absolute atomic E-state index is 0.586. The molecule has 0 radical (unpaired) electrons. The third kappa shape index (κ3) is 6.41. The number of para-hydroxylation sites is 2. The molecule has 5 heterocycles. The average Bonchev–Trinajstić information content (AvgIpc) is 4.03. The van der Waals surface area contributed by atoms with Crippen molar-refractivity contribution in [3.8, 4) is 56.8 Å². The third-order valence-electron chi connectivity index (χ3n) is 10.9. The van der Waals surface area contributed by atoms with Crippen molar-refractivity contribution in [1.29, 1.82) is 0 Å². The van der Waals surface area contributed by atoms with Crippen LogP contribution in [0.4, 0.5) is 0 Å². The number of benzene rings is 7. The first-order chi connectivity index (χ1) is 30.6. The third-order valence-corrected chi connectivity index (χ3v) is 12.0. The van der Waals surface area contributed by atoms with Gasteiger partial charge in [0.05, 0.1) is 0 Å². The SMILES string of the molecule is C=C/C=C\C.c1ccc(-c2nc(-c3cccc4oc5ccccc5c34)nc(-c3cccc4sc5cc(-c6nc(-c7ccccc7)nc7c6oc6ccccc67)ccc5c34)n2)cc1. The van der Waals surface area contributed by atoms with E-state index in [1.165, 1.54) is 0 Å². The smallest absolute Gasteiger partial charge is 0.180 e. The Bertz CT molecular complexity index is 3680. The molecule has 0 saturated carbocycles. The van der Waals surface area contributed by atoms with Crippen LogP contribution >= 0.6 is 11.3 Å². The molecule has 12 aromatic rings. The van der Waals surface area contributed by atoms with Gasteiger partial charge in [0.1, 0.15) is 28.0 Å². The molecule has 0 saturated heterocycles. The molecule has 0 spiro atoms. The maximum Gasteiger partial charge on any atom is 0.180 e. The van der Waals surface area contributed by atoms with E-state index in [2.05, 4.69) is 61.2 Å². The average molecular weight is 818 g/mol. The van der Waals surface area contributed by atoms with Gasteiger partial charge in [0.2, 0.25) is 0 Å². The molecule has 0 aliphatic carbocycles. The van der Waals surface area contributed by atoms with Crippen LogP contribution in [0.5, 0.6) is 0 Å². The summed E-state index contributed by atoms with van der Waals surface area (Å²) >= 11 is 1.74. The summed E-state index contributed by atoms with van der Waals surface area (Å²) in [7, 11) is 0. The lowest BCUT2D eigenvalue weighted by atomic mass is 10.0. The van der Waals surface area contributed by atoms with E-state index in [0.717, 1.165) is 92.1 Å². The number of fused-ring (bicyclic) bond motifs is 9. The normalized spacial score (nSPS) is 11.6. The van der Waals surface area contributed by atoms with E-state index >= 15 is 0 Å². The fraction of sp³-hybridized carbons (Fsp3) is 0.0185.